The highest BCUT2D eigenvalue weighted by Crippen LogP contribution is 2.25. The summed E-state index contributed by atoms with van der Waals surface area (Å²) in [7, 11) is -3.82. The Hall–Kier alpha value is -3.70. The van der Waals surface area contributed by atoms with Crippen LogP contribution < -0.4 is 15.4 Å². The number of rotatable bonds is 7. The lowest BCUT2D eigenvalue weighted by Gasteiger charge is -2.10. The smallest absolute Gasteiger partial charge is 0.414 e. The molecule has 0 bridgehead atoms. The highest BCUT2D eigenvalue weighted by atomic mass is 32.2. The molecule has 0 aliphatic carbocycles. The van der Waals surface area contributed by atoms with Crippen LogP contribution in [0.4, 0.5) is 15.5 Å². The second kappa shape index (κ2) is 10.1. The fourth-order valence-electron chi connectivity index (χ4n) is 2.63. The van der Waals surface area contributed by atoms with E-state index in [0.717, 1.165) is 11.3 Å². The summed E-state index contributed by atoms with van der Waals surface area (Å²) in [5.74, 6) is -1.28. The zero-order valence-electron chi connectivity index (χ0n) is 16.8. The fourth-order valence-corrected chi connectivity index (χ4v) is 4.48. The lowest BCUT2D eigenvalue weighted by Crippen LogP contribution is -2.31. The molecule has 0 saturated heterocycles. The van der Waals surface area contributed by atoms with Gasteiger partial charge in [0.15, 0.2) is 0 Å². The van der Waals surface area contributed by atoms with Gasteiger partial charge >= 0.3 is 6.09 Å². The van der Waals surface area contributed by atoms with Gasteiger partial charge in [0, 0.05) is 11.3 Å². The number of sulfonamides is 1. The average Bonchev–Trinajstić information content (AvgIpc) is 3.22. The molecule has 3 aromatic rings. The first-order valence-electron chi connectivity index (χ1n) is 9.35. The summed E-state index contributed by atoms with van der Waals surface area (Å²) >= 11 is 1.10. The van der Waals surface area contributed by atoms with Crippen LogP contribution in [0.1, 0.15) is 27.6 Å². The summed E-state index contributed by atoms with van der Waals surface area (Å²) in [5.41, 5.74) is 0.466. The van der Waals surface area contributed by atoms with Gasteiger partial charge in [0.25, 0.3) is 21.8 Å². The third-order valence-electron chi connectivity index (χ3n) is 4.06. The van der Waals surface area contributed by atoms with Crippen molar-refractivity contribution in [1.29, 1.82) is 0 Å². The summed E-state index contributed by atoms with van der Waals surface area (Å²) in [6.07, 6.45) is -0.889. The van der Waals surface area contributed by atoms with Crippen LogP contribution in [-0.2, 0) is 14.8 Å². The number of imide groups is 1. The molecule has 1 aromatic heterocycles. The van der Waals surface area contributed by atoms with Gasteiger partial charge in [0.1, 0.15) is 5.00 Å². The molecular weight excluding hydrogens is 454 g/mol. The molecule has 1 heterocycles. The van der Waals surface area contributed by atoms with Crippen molar-refractivity contribution in [1.82, 2.24) is 5.32 Å². The van der Waals surface area contributed by atoms with E-state index in [4.69, 9.17) is 0 Å². The van der Waals surface area contributed by atoms with Gasteiger partial charge in [0.2, 0.25) is 0 Å². The average molecular weight is 474 g/mol. The normalized spacial score (nSPS) is 10.8. The topological polar surface area (TPSA) is 131 Å². The molecule has 0 radical (unpaired) electrons. The molecule has 166 valence electrons. The molecule has 0 aliphatic heterocycles. The van der Waals surface area contributed by atoms with E-state index >= 15 is 0 Å². The molecule has 11 heteroatoms. The van der Waals surface area contributed by atoms with Crippen molar-refractivity contribution in [2.45, 2.75) is 11.8 Å². The van der Waals surface area contributed by atoms with Crippen molar-refractivity contribution < 1.29 is 27.5 Å². The van der Waals surface area contributed by atoms with E-state index < -0.39 is 27.9 Å². The lowest BCUT2D eigenvalue weighted by atomic mass is 10.2. The molecule has 0 fully saturated rings. The van der Waals surface area contributed by atoms with Crippen molar-refractivity contribution in [2.24, 2.45) is 0 Å². The number of thiophene rings is 1. The number of anilines is 2. The molecule has 0 atom stereocenters. The van der Waals surface area contributed by atoms with Gasteiger partial charge < -0.3 is 10.1 Å². The number of hydrogen-bond acceptors (Lipinski definition) is 7. The Bertz CT molecular complexity index is 1240. The molecule has 0 spiro atoms. The van der Waals surface area contributed by atoms with Crippen LogP contribution in [0, 0.1) is 0 Å². The highest BCUT2D eigenvalue weighted by Gasteiger charge is 2.19. The largest absolute Gasteiger partial charge is 0.450 e. The minimum atomic E-state index is -3.82. The van der Waals surface area contributed by atoms with Crippen LogP contribution in [0.15, 0.2) is 70.9 Å². The van der Waals surface area contributed by atoms with Crippen LogP contribution in [0.5, 0.6) is 0 Å². The van der Waals surface area contributed by atoms with Crippen LogP contribution in [0.3, 0.4) is 0 Å². The first kappa shape index (κ1) is 23.0. The first-order valence-corrected chi connectivity index (χ1v) is 11.7. The fraction of sp³-hybridized carbons (Fsp3) is 0.0952. The Balaban J connectivity index is 1.73. The van der Waals surface area contributed by atoms with Crippen molar-refractivity contribution in [3.63, 3.8) is 0 Å². The molecule has 0 saturated carbocycles. The van der Waals surface area contributed by atoms with Crippen molar-refractivity contribution in [3.8, 4) is 0 Å². The number of carbonyl (C=O) groups excluding carboxylic acids is 3. The van der Waals surface area contributed by atoms with E-state index in [1.807, 2.05) is 0 Å². The molecule has 9 nitrogen and oxygen atoms in total. The van der Waals surface area contributed by atoms with Gasteiger partial charge in [-0.3, -0.25) is 19.6 Å². The Morgan fingerprint density at radius 3 is 2.44 bits per heavy atom. The number of hydrogen-bond donors (Lipinski definition) is 3. The lowest BCUT2D eigenvalue weighted by molar-refractivity contribution is 0.0926. The summed E-state index contributed by atoms with van der Waals surface area (Å²) in [6, 6.07) is 15.2. The quantitative estimate of drug-likeness (QED) is 0.480. The van der Waals surface area contributed by atoms with Crippen LogP contribution in [0.25, 0.3) is 0 Å². The van der Waals surface area contributed by atoms with Crippen molar-refractivity contribution >= 4 is 50.0 Å². The van der Waals surface area contributed by atoms with E-state index in [0.29, 0.717) is 0 Å². The molecule has 3 rings (SSSR count). The molecule has 3 N–H and O–H groups in total. The standard InChI is InChI=1S/C21H19N3O6S2/c1-2-30-21(27)23-19(26)17-11-12-31-20(17)22-18(25)14-7-6-8-15(13-14)24-32(28,29)16-9-4-3-5-10-16/h3-13,24H,2H2,1H3,(H,22,25)(H,23,26,27). The van der Waals surface area contributed by atoms with E-state index in [9.17, 15) is 22.8 Å². The van der Waals surface area contributed by atoms with Gasteiger partial charge in [-0.1, -0.05) is 24.3 Å². The maximum Gasteiger partial charge on any atom is 0.414 e. The predicted molar refractivity (Wildman–Crippen MR) is 120 cm³/mol. The summed E-state index contributed by atoms with van der Waals surface area (Å²) in [4.78, 5) is 36.5. The molecule has 2 aromatic carbocycles. The van der Waals surface area contributed by atoms with Crippen LogP contribution in [-0.4, -0.2) is 32.9 Å². The zero-order valence-corrected chi connectivity index (χ0v) is 18.5. The minimum absolute atomic E-state index is 0.0886. The third-order valence-corrected chi connectivity index (χ3v) is 6.29. The Kier molecular flexibility index (Phi) is 7.23. The summed E-state index contributed by atoms with van der Waals surface area (Å²) < 4.78 is 32.1. The minimum Gasteiger partial charge on any atom is -0.450 e. The Labute approximate surface area is 188 Å². The van der Waals surface area contributed by atoms with Crippen LogP contribution >= 0.6 is 11.3 Å². The second-order valence-corrected chi connectivity index (χ2v) is 8.89. The van der Waals surface area contributed by atoms with Gasteiger partial charge in [0.05, 0.1) is 17.1 Å². The summed E-state index contributed by atoms with van der Waals surface area (Å²) in [6.45, 7) is 1.71. The maximum absolute atomic E-state index is 12.7. The van der Waals surface area contributed by atoms with Crippen molar-refractivity contribution in [2.75, 3.05) is 16.6 Å². The molecular formula is C21H19N3O6S2. The number of alkyl carbamates (subject to hydrolysis) is 1. The monoisotopic (exact) mass is 473 g/mol. The number of carbonyl (C=O) groups is 3. The maximum atomic E-state index is 12.7. The van der Waals surface area contributed by atoms with E-state index in [2.05, 4.69) is 20.1 Å². The molecule has 0 aliphatic rings. The number of nitrogens with one attached hydrogen (secondary N) is 3. The molecule has 0 unspecified atom stereocenters. The van der Waals surface area contributed by atoms with Crippen molar-refractivity contribution in [3.05, 3.63) is 77.2 Å². The summed E-state index contributed by atoms with van der Waals surface area (Å²) in [5, 5.41) is 6.48. The SMILES string of the molecule is CCOC(=O)NC(=O)c1ccsc1NC(=O)c1cccc(NS(=O)(=O)c2ccccc2)c1. The second-order valence-electron chi connectivity index (χ2n) is 6.29. The Morgan fingerprint density at radius 2 is 1.72 bits per heavy atom. The van der Waals surface area contributed by atoms with E-state index in [1.54, 1.807) is 30.5 Å². The Morgan fingerprint density at radius 1 is 0.969 bits per heavy atom. The molecule has 3 amide bonds. The highest BCUT2D eigenvalue weighted by molar-refractivity contribution is 7.92. The number of amides is 3. The van der Waals surface area contributed by atoms with Gasteiger partial charge in [-0.2, -0.15) is 0 Å². The predicted octanol–water partition coefficient (Wildman–Crippen LogP) is 3.69. The van der Waals surface area contributed by atoms with E-state index in [-0.39, 0.29) is 33.3 Å². The van der Waals surface area contributed by atoms with Crippen LogP contribution in [0.2, 0.25) is 0 Å². The van der Waals surface area contributed by atoms with Gasteiger partial charge in [-0.15, -0.1) is 11.3 Å². The number of ether oxygens (including phenoxy) is 1. The van der Waals surface area contributed by atoms with E-state index in [1.165, 1.54) is 42.5 Å². The van der Waals surface area contributed by atoms with Gasteiger partial charge in [-0.25, -0.2) is 13.2 Å². The number of benzene rings is 2. The third kappa shape index (κ3) is 5.71. The van der Waals surface area contributed by atoms with Gasteiger partial charge in [-0.05, 0) is 48.7 Å². The molecule has 32 heavy (non-hydrogen) atoms. The zero-order chi connectivity index (χ0) is 23.1. The first-order chi connectivity index (χ1) is 15.3.